The van der Waals surface area contributed by atoms with Crippen LogP contribution in [-0.4, -0.2) is 35.4 Å². The van der Waals surface area contributed by atoms with E-state index in [1.165, 1.54) is 0 Å². The molecule has 1 heterocycles. The predicted molar refractivity (Wildman–Crippen MR) is 91.9 cm³/mol. The first-order valence-electron chi connectivity index (χ1n) is 8.15. The molecule has 0 saturated heterocycles. The summed E-state index contributed by atoms with van der Waals surface area (Å²) in [7, 11) is 1.57. The zero-order valence-electron chi connectivity index (χ0n) is 14.9. The molecule has 1 aromatic rings. The molecule has 1 unspecified atom stereocenters. The summed E-state index contributed by atoms with van der Waals surface area (Å²) < 4.78 is 5.26. The van der Waals surface area contributed by atoms with Crippen LogP contribution >= 0.6 is 0 Å². The average molecular weight is 331 g/mol. The van der Waals surface area contributed by atoms with Gasteiger partial charge in [0.15, 0.2) is 11.5 Å². The third-order valence-electron chi connectivity index (χ3n) is 4.10. The molecule has 130 valence electrons. The zero-order chi connectivity index (χ0) is 18.1. The molecule has 0 fully saturated rings. The average Bonchev–Trinajstić information content (AvgIpc) is 2.78. The van der Waals surface area contributed by atoms with E-state index in [-0.39, 0.29) is 11.4 Å². The maximum Gasteiger partial charge on any atom is 0.290 e. The van der Waals surface area contributed by atoms with Gasteiger partial charge in [-0.1, -0.05) is 39.8 Å². The van der Waals surface area contributed by atoms with Crippen molar-refractivity contribution in [3.8, 4) is 5.75 Å². The van der Waals surface area contributed by atoms with E-state index in [0.717, 1.165) is 12.0 Å². The molecule has 1 N–H and O–H groups in total. The van der Waals surface area contributed by atoms with Crippen molar-refractivity contribution in [1.82, 2.24) is 4.90 Å². The Balaban J connectivity index is 2.60. The number of aliphatic hydroxyl groups excluding tert-OH is 1. The first kappa shape index (κ1) is 18.0. The van der Waals surface area contributed by atoms with Gasteiger partial charge in [-0.2, -0.15) is 0 Å². The van der Waals surface area contributed by atoms with Crippen LogP contribution in [0.4, 0.5) is 0 Å². The lowest BCUT2D eigenvalue weighted by atomic mass is 9.82. The summed E-state index contributed by atoms with van der Waals surface area (Å²) in [6.07, 6.45) is 0.733. The molecule has 1 aliphatic heterocycles. The van der Waals surface area contributed by atoms with Crippen molar-refractivity contribution in [3.63, 3.8) is 0 Å². The Morgan fingerprint density at radius 2 is 2.00 bits per heavy atom. The summed E-state index contributed by atoms with van der Waals surface area (Å²) in [4.78, 5) is 27.0. The number of hydrogen-bond donors (Lipinski definition) is 1. The molecule has 0 bridgehead atoms. The van der Waals surface area contributed by atoms with Crippen LogP contribution in [0.1, 0.15) is 45.7 Å². The van der Waals surface area contributed by atoms with Crippen LogP contribution < -0.4 is 4.74 Å². The monoisotopic (exact) mass is 331 g/mol. The van der Waals surface area contributed by atoms with E-state index in [0.29, 0.717) is 12.3 Å². The van der Waals surface area contributed by atoms with Gasteiger partial charge in [0, 0.05) is 12.0 Å². The molecule has 0 saturated carbocycles. The molecule has 5 heteroatoms. The molecule has 1 atom stereocenters. The molecule has 2 rings (SSSR count). The molecule has 1 aromatic carbocycles. The Morgan fingerprint density at radius 3 is 2.54 bits per heavy atom. The highest BCUT2D eigenvalue weighted by atomic mass is 16.5. The maximum absolute atomic E-state index is 12.9. The number of rotatable bonds is 5. The highest BCUT2D eigenvalue weighted by Gasteiger charge is 2.45. The molecule has 5 nitrogen and oxygen atoms in total. The van der Waals surface area contributed by atoms with E-state index in [1.807, 2.05) is 19.1 Å². The van der Waals surface area contributed by atoms with Gasteiger partial charge in [0.25, 0.3) is 5.91 Å². The lowest BCUT2D eigenvalue weighted by molar-refractivity contribution is -0.129. The topological polar surface area (TPSA) is 66.8 Å². The minimum atomic E-state index is -0.692. The molecule has 0 radical (unpaired) electrons. The van der Waals surface area contributed by atoms with Crippen molar-refractivity contribution in [3.05, 3.63) is 41.2 Å². The fourth-order valence-electron chi connectivity index (χ4n) is 2.92. The number of carbonyl (C=O) groups is 2. The number of benzene rings is 1. The van der Waals surface area contributed by atoms with Crippen LogP contribution in [0, 0.1) is 5.41 Å². The summed E-state index contributed by atoms with van der Waals surface area (Å²) in [5.41, 5.74) is 0.241. The molecule has 1 amide bonds. The molecule has 1 aliphatic rings. The summed E-state index contributed by atoms with van der Waals surface area (Å²) in [5.74, 6) is -0.501. The minimum Gasteiger partial charge on any atom is -0.503 e. The first-order chi connectivity index (χ1) is 11.2. The van der Waals surface area contributed by atoms with Crippen LogP contribution in [0.2, 0.25) is 0 Å². The normalized spacial score (nSPS) is 18.3. The van der Waals surface area contributed by atoms with E-state index < -0.39 is 23.1 Å². The van der Waals surface area contributed by atoms with Crippen LogP contribution in [0.3, 0.4) is 0 Å². The van der Waals surface area contributed by atoms with Crippen molar-refractivity contribution in [2.45, 2.75) is 40.2 Å². The summed E-state index contributed by atoms with van der Waals surface area (Å²) in [6.45, 7) is 7.77. The van der Waals surface area contributed by atoms with Crippen LogP contribution in [0.15, 0.2) is 35.6 Å². The minimum absolute atomic E-state index is 0.175. The van der Waals surface area contributed by atoms with Gasteiger partial charge in [-0.05, 0) is 24.1 Å². The molecule has 0 aromatic heterocycles. The number of carbonyl (C=O) groups excluding carboxylic acids is 2. The number of hydrogen-bond acceptors (Lipinski definition) is 4. The number of aliphatic hydroxyl groups is 1. The van der Waals surface area contributed by atoms with Crippen molar-refractivity contribution in [2.24, 2.45) is 5.41 Å². The van der Waals surface area contributed by atoms with Crippen molar-refractivity contribution in [1.29, 1.82) is 0 Å². The second-order valence-corrected chi connectivity index (χ2v) is 7.02. The third kappa shape index (κ3) is 3.16. The van der Waals surface area contributed by atoms with E-state index in [1.54, 1.807) is 44.9 Å². The van der Waals surface area contributed by atoms with Gasteiger partial charge in [0.2, 0.25) is 0 Å². The molecular formula is C19H25NO4. The van der Waals surface area contributed by atoms with Gasteiger partial charge >= 0.3 is 0 Å². The Kier molecular flexibility index (Phi) is 5.02. The fourth-order valence-corrected chi connectivity index (χ4v) is 2.92. The number of ether oxygens (including phenoxy) is 1. The largest absolute Gasteiger partial charge is 0.503 e. The Labute approximate surface area is 142 Å². The fraction of sp³-hybridized carbons (Fsp3) is 0.474. The van der Waals surface area contributed by atoms with Gasteiger partial charge in [-0.3, -0.25) is 9.59 Å². The van der Waals surface area contributed by atoms with Crippen molar-refractivity contribution in [2.75, 3.05) is 13.7 Å². The van der Waals surface area contributed by atoms with Gasteiger partial charge in [0.1, 0.15) is 5.75 Å². The summed E-state index contributed by atoms with van der Waals surface area (Å²) >= 11 is 0. The number of amides is 1. The van der Waals surface area contributed by atoms with Gasteiger partial charge < -0.3 is 14.7 Å². The van der Waals surface area contributed by atoms with Crippen molar-refractivity contribution >= 4 is 11.7 Å². The molecule has 0 spiro atoms. The second kappa shape index (κ2) is 6.67. The molecule has 24 heavy (non-hydrogen) atoms. The predicted octanol–water partition coefficient (Wildman–Crippen LogP) is 3.42. The van der Waals surface area contributed by atoms with E-state index >= 15 is 0 Å². The van der Waals surface area contributed by atoms with Crippen LogP contribution in [0.25, 0.3) is 0 Å². The zero-order valence-corrected chi connectivity index (χ0v) is 14.9. The van der Waals surface area contributed by atoms with Crippen LogP contribution in [-0.2, 0) is 9.59 Å². The number of ketones is 1. The van der Waals surface area contributed by atoms with Gasteiger partial charge in [-0.25, -0.2) is 0 Å². The quantitative estimate of drug-likeness (QED) is 0.898. The summed E-state index contributed by atoms with van der Waals surface area (Å²) in [6, 6.07) is 6.68. The van der Waals surface area contributed by atoms with E-state index in [2.05, 4.69) is 0 Å². The highest BCUT2D eigenvalue weighted by molar-refractivity contribution is 6.10. The highest BCUT2D eigenvalue weighted by Crippen LogP contribution is 2.41. The Bertz CT molecular complexity index is 685. The molecular weight excluding hydrogens is 306 g/mol. The maximum atomic E-state index is 12.9. The van der Waals surface area contributed by atoms with E-state index in [4.69, 9.17) is 4.74 Å². The second-order valence-electron chi connectivity index (χ2n) is 7.02. The molecule has 0 aliphatic carbocycles. The first-order valence-corrected chi connectivity index (χ1v) is 8.15. The van der Waals surface area contributed by atoms with E-state index in [9.17, 15) is 14.7 Å². The summed E-state index contributed by atoms with van der Waals surface area (Å²) in [5, 5.41) is 10.4. The SMILES string of the molecule is CCCN1C(=O)C(O)=C(C(=O)C(C)(C)C)C1c1cccc(OC)c1. The lowest BCUT2D eigenvalue weighted by Gasteiger charge is -2.28. The van der Waals surface area contributed by atoms with Crippen LogP contribution in [0.5, 0.6) is 5.75 Å². The van der Waals surface area contributed by atoms with Gasteiger partial charge in [0.05, 0.1) is 18.7 Å². The Hall–Kier alpha value is -2.30. The lowest BCUT2D eigenvalue weighted by Crippen LogP contribution is -2.33. The van der Waals surface area contributed by atoms with Crippen molar-refractivity contribution < 1.29 is 19.4 Å². The third-order valence-corrected chi connectivity index (χ3v) is 4.10. The number of Topliss-reactive ketones (excluding diaryl/α,β-unsaturated/α-hetero) is 1. The van der Waals surface area contributed by atoms with Gasteiger partial charge in [-0.15, -0.1) is 0 Å². The smallest absolute Gasteiger partial charge is 0.290 e. The standard InChI is InChI=1S/C19H25NO4/c1-6-10-20-15(12-8-7-9-13(11-12)24-5)14(16(21)18(20)23)17(22)19(2,3)4/h7-9,11,15,21H,6,10H2,1-5H3. The number of methoxy groups -OCH3 is 1. The Morgan fingerprint density at radius 1 is 1.33 bits per heavy atom. The number of nitrogens with zero attached hydrogens (tertiary/aromatic N) is 1.